The van der Waals surface area contributed by atoms with E-state index in [0.717, 1.165) is 52.7 Å². The molecule has 4 aromatic heterocycles. The summed E-state index contributed by atoms with van der Waals surface area (Å²) in [5, 5.41) is 8.03. The maximum atomic E-state index is 11.4. The molecule has 7 aromatic carbocycles. The van der Waals surface area contributed by atoms with Gasteiger partial charge in [-0.15, -0.1) is 0 Å². The quantitative estimate of drug-likeness (QED) is 0.145. The van der Waals surface area contributed by atoms with Crippen LogP contribution in [0, 0.1) is 0 Å². The third-order valence-electron chi connectivity index (χ3n) is 16.4. The lowest BCUT2D eigenvalue weighted by Crippen LogP contribution is -2.25. The Hall–Kier alpha value is -8.77. The maximum absolute atomic E-state index is 11.4. The number of nitrogens with zero attached hydrogens (tertiary/aromatic N) is 4. The van der Waals surface area contributed by atoms with E-state index in [0.29, 0.717) is 61.4 Å². The van der Waals surface area contributed by atoms with Crippen molar-refractivity contribution in [2.45, 2.75) is 152 Å². The first-order chi connectivity index (χ1) is 42.6. The standard InChI is InChI=1S/C13H17NO.C11H14N2.2C11H13N.C11H14O2.C10H12N2.C10H12O2/c1-9(2)12-5-4-11-6-7-14(10(3)15)13(11)8-12;1-8(2)9-4-5-10-7-12-13(3)11(10)6-9;1-8(2)9-3-4-11-10(7-9)5-6-12-11;1-8(2)10-4-3-9-5-6-12-11(9)7-10;1-8(2)9-3-4-10-11(7-9)13-6-5-12-10;2*1-7(2)8-3-4-9-10(5-8)12-6-11-9/h4-5,8-9H,6-7H2,1-3H3;4-8H,1-3H3;2*3-8,12H,1-2H3;3-4,7-8H,5-6H2,1-2H3;3-7H,1-2H3,(H,11,12);3-5,7H,6H2,1-2H3. The third-order valence-corrected chi connectivity index (χ3v) is 16.4. The van der Waals surface area contributed by atoms with Crippen LogP contribution in [-0.4, -0.2) is 62.2 Å². The van der Waals surface area contributed by atoms with Crippen LogP contribution in [0.5, 0.6) is 23.0 Å². The lowest BCUT2D eigenvalue weighted by Gasteiger charge is -2.19. The smallest absolute Gasteiger partial charge is 0.231 e. The van der Waals surface area contributed by atoms with Gasteiger partial charge in [0.05, 0.1) is 29.1 Å². The first-order valence-electron chi connectivity index (χ1n) is 31.8. The highest BCUT2D eigenvalue weighted by Crippen LogP contribution is 2.36. The van der Waals surface area contributed by atoms with Crippen LogP contribution in [0.15, 0.2) is 164 Å². The number of nitrogens with one attached hydrogen (secondary N) is 3. The molecule has 3 N–H and O–H groups in total. The molecule has 0 bridgehead atoms. The van der Waals surface area contributed by atoms with Crippen LogP contribution in [0.3, 0.4) is 0 Å². The molecular formula is C77H95N7O5. The van der Waals surface area contributed by atoms with Gasteiger partial charge in [-0.2, -0.15) is 5.10 Å². The van der Waals surface area contributed by atoms with Gasteiger partial charge in [0.2, 0.25) is 12.7 Å². The zero-order valence-corrected chi connectivity index (χ0v) is 55.5. The van der Waals surface area contributed by atoms with Gasteiger partial charge >= 0.3 is 0 Å². The molecule has 0 spiro atoms. The minimum absolute atomic E-state index is 0.148. The van der Waals surface area contributed by atoms with Gasteiger partial charge in [-0.05, 0) is 182 Å². The Morgan fingerprint density at radius 3 is 1.55 bits per heavy atom. The Morgan fingerprint density at radius 2 is 0.921 bits per heavy atom. The number of anilines is 1. The van der Waals surface area contributed by atoms with Crippen LogP contribution in [0.2, 0.25) is 0 Å². The second-order valence-corrected chi connectivity index (χ2v) is 25.3. The Balaban J connectivity index is 0.000000134. The van der Waals surface area contributed by atoms with Gasteiger partial charge in [-0.25, -0.2) is 4.98 Å². The lowest BCUT2D eigenvalue weighted by atomic mass is 10.0. The third kappa shape index (κ3) is 17.7. The number of ether oxygens (including phenoxy) is 4. The SMILES string of the molecule is CC(=O)N1CCc2ccc(C(C)C)cc21.CC(C)c1ccc2[nH]ccc2c1.CC(C)c1ccc2c(c1)OCCO2.CC(C)c1ccc2c(c1)OCO2.CC(C)c1ccc2cc[nH]c2c1.CC(C)c1ccc2cnn(C)c2c1.CC(C)c1ccc2nc[nH]c2c1. The van der Waals surface area contributed by atoms with E-state index in [9.17, 15) is 4.79 Å². The Labute approximate surface area is 528 Å². The minimum atomic E-state index is 0.148. The van der Waals surface area contributed by atoms with E-state index >= 15 is 0 Å². The van der Waals surface area contributed by atoms with Crippen molar-refractivity contribution in [2.24, 2.45) is 7.05 Å². The molecule has 0 saturated carbocycles. The molecule has 468 valence electrons. The van der Waals surface area contributed by atoms with Crippen LogP contribution in [-0.2, 0) is 18.3 Å². The molecule has 12 heteroatoms. The minimum Gasteiger partial charge on any atom is -0.486 e. The Morgan fingerprint density at radius 1 is 0.449 bits per heavy atom. The van der Waals surface area contributed by atoms with Gasteiger partial charge in [0.15, 0.2) is 23.0 Å². The zero-order valence-electron chi connectivity index (χ0n) is 55.5. The normalized spacial score (nSPS) is 12.7. The van der Waals surface area contributed by atoms with E-state index in [1.165, 1.54) is 77.2 Å². The van der Waals surface area contributed by atoms with E-state index < -0.39 is 0 Å². The number of benzene rings is 7. The molecule has 3 aliphatic rings. The number of rotatable bonds is 7. The summed E-state index contributed by atoms with van der Waals surface area (Å²) in [6.07, 6.45) is 8.59. The number of carbonyl (C=O) groups is 1. The van der Waals surface area contributed by atoms with Crippen molar-refractivity contribution < 1.29 is 23.7 Å². The summed E-state index contributed by atoms with van der Waals surface area (Å²) in [5.74, 6) is 7.63. The van der Waals surface area contributed by atoms with Gasteiger partial charge in [-0.1, -0.05) is 158 Å². The summed E-state index contributed by atoms with van der Waals surface area (Å²) in [4.78, 5) is 27.0. The second-order valence-electron chi connectivity index (χ2n) is 25.3. The average molecular weight is 1200 g/mol. The number of amides is 1. The number of hydrogen-bond acceptors (Lipinski definition) is 7. The molecule has 0 radical (unpaired) electrons. The average Bonchev–Trinajstić information content (AvgIpc) is 3.65. The fourth-order valence-corrected chi connectivity index (χ4v) is 10.5. The van der Waals surface area contributed by atoms with Gasteiger partial charge < -0.3 is 38.8 Å². The summed E-state index contributed by atoms with van der Waals surface area (Å²) in [7, 11) is 1.98. The molecule has 11 aromatic rings. The van der Waals surface area contributed by atoms with Crippen molar-refractivity contribution in [1.82, 2.24) is 29.7 Å². The molecule has 0 aliphatic carbocycles. The number of carbonyl (C=O) groups excluding carboxylic acids is 1. The fraction of sp³-hybridized carbons (Fsp3) is 0.364. The van der Waals surface area contributed by atoms with E-state index in [1.807, 2.05) is 53.4 Å². The molecule has 12 nitrogen and oxygen atoms in total. The van der Waals surface area contributed by atoms with Crippen molar-refractivity contribution in [3.63, 3.8) is 0 Å². The van der Waals surface area contributed by atoms with Gasteiger partial charge in [-0.3, -0.25) is 9.48 Å². The largest absolute Gasteiger partial charge is 0.486 e. The maximum Gasteiger partial charge on any atom is 0.231 e. The molecular weight excluding hydrogens is 1100 g/mol. The highest BCUT2D eigenvalue weighted by Gasteiger charge is 2.23. The Kier molecular flexibility index (Phi) is 23.0. The van der Waals surface area contributed by atoms with Crippen molar-refractivity contribution in [1.29, 1.82) is 0 Å². The van der Waals surface area contributed by atoms with Crippen molar-refractivity contribution in [2.75, 3.05) is 31.5 Å². The molecule has 0 fully saturated rings. The highest BCUT2D eigenvalue weighted by atomic mass is 16.7. The van der Waals surface area contributed by atoms with Gasteiger partial charge in [0, 0.05) is 55.0 Å². The second kappa shape index (κ2) is 30.9. The number of hydrogen-bond donors (Lipinski definition) is 3. The van der Waals surface area contributed by atoms with E-state index in [2.05, 4.69) is 243 Å². The van der Waals surface area contributed by atoms with Gasteiger partial charge in [0.1, 0.15) is 13.2 Å². The van der Waals surface area contributed by atoms with Crippen molar-refractivity contribution in [3.05, 3.63) is 209 Å². The predicted octanol–water partition coefficient (Wildman–Crippen LogP) is 19.8. The molecule has 0 atom stereocenters. The molecule has 3 aliphatic heterocycles. The number of fused-ring (bicyclic) bond motifs is 7. The monoisotopic (exact) mass is 1200 g/mol. The van der Waals surface area contributed by atoms with Crippen molar-refractivity contribution >= 4 is 55.3 Å². The van der Waals surface area contributed by atoms with Crippen LogP contribution in [0.4, 0.5) is 5.69 Å². The molecule has 14 rings (SSSR count). The zero-order chi connectivity index (χ0) is 63.9. The highest BCUT2D eigenvalue weighted by molar-refractivity contribution is 5.94. The van der Waals surface area contributed by atoms with Crippen molar-refractivity contribution in [3.8, 4) is 23.0 Å². The van der Waals surface area contributed by atoms with Crippen LogP contribution < -0.4 is 23.8 Å². The molecule has 0 saturated heterocycles. The number of aromatic nitrogens is 6. The first kappa shape index (κ1) is 66.2. The lowest BCUT2D eigenvalue weighted by molar-refractivity contribution is -0.116. The summed E-state index contributed by atoms with van der Waals surface area (Å²) in [6.45, 7) is 34.8. The summed E-state index contributed by atoms with van der Waals surface area (Å²) < 4.78 is 23.3. The number of aryl methyl sites for hydroxylation is 1. The topological polar surface area (TPSA) is 135 Å². The number of imidazole rings is 1. The first-order valence-corrected chi connectivity index (χ1v) is 31.8. The van der Waals surface area contributed by atoms with Gasteiger partial charge in [0.25, 0.3) is 0 Å². The van der Waals surface area contributed by atoms with Crippen LogP contribution >= 0.6 is 0 Å². The van der Waals surface area contributed by atoms with Crippen LogP contribution in [0.25, 0.3) is 43.7 Å². The number of aromatic amines is 3. The summed E-state index contributed by atoms with van der Waals surface area (Å²) >= 11 is 0. The van der Waals surface area contributed by atoms with Crippen LogP contribution in [0.1, 0.15) is 190 Å². The number of H-pyrrole nitrogens is 3. The fourth-order valence-electron chi connectivity index (χ4n) is 10.5. The molecule has 7 heterocycles. The van der Waals surface area contributed by atoms with E-state index in [4.69, 9.17) is 18.9 Å². The molecule has 89 heavy (non-hydrogen) atoms. The van der Waals surface area contributed by atoms with E-state index in [1.54, 1.807) is 13.3 Å². The summed E-state index contributed by atoms with van der Waals surface area (Å²) in [6, 6.07) is 49.0. The predicted molar refractivity (Wildman–Crippen MR) is 370 cm³/mol. The van der Waals surface area contributed by atoms with E-state index in [-0.39, 0.29) is 5.91 Å². The molecule has 1 amide bonds. The summed E-state index contributed by atoms with van der Waals surface area (Å²) in [5.41, 5.74) is 17.7. The molecule has 0 unspecified atom stereocenters. The Bertz CT molecular complexity index is 3860.